The van der Waals surface area contributed by atoms with Crippen LogP contribution in [-0.2, 0) is 11.2 Å². The molecule has 0 unspecified atom stereocenters. The predicted molar refractivity (Wildman–Crippen MR) is 73.7 cm³/mol. The molecule has 0 saturated heterocycles. The highest BCUT2D eigenvalue weighted by atomic mass is 32.2. The van der Waals surface area contributed by atoms with Gasteiger partial charge < -0.3 is 14.3 Å². The van der Waals surface area contributed by atoms with Crippen molar-refractivity contribution in [1.29, 1.82) is 0 Å². The smallest absolute Gasteiger partial charge is 0.281 e. The third kappa shape index (κ3) is 3.71. The van der Waals surface area contributed by atoms with Crippen molar-refractivity contribution in [2.75, 3.05) is 0 Å². The number of carbonyl (C=O) groups excluding carboxylic acids is 1. The summed E-state index contributed by atoms with van der Waals surface area (Å²) in [6.45, 7) is 3.84. The lowest BCUT2D eigenvalue weighted by molar-refractivity contribution is -0.298. The number of hydrogen-bond donors (Lipinski definition) is 0. The van der Waals surface area contributed by atoms with Crippen LogP contribution >= 0.6 is 11.8 Å². The van der Waals surface area contributed by atoms with Gasteiger partial charge in [-0.25, -0.2) is 0 Å². The molecule has 0 spiro atoms. The quantitative estimate of drug-likeness (QED) is 0.617. The van der Waals surface area contributed by atoms with Crippen molar-refractivity contribution in [1.82, 2.24) is 10.2 Å². The molecule has 1 heterocycles. The number of carboxylic acids is 1. The van der Waals surface area contributed by atoms with E-state index in [4.69, 9.17) is 4.42 Å². The van der Waals surface area contributed by atoms with E-state index in [1.165, 1.54) is 6.08 Å². The van der Waals surface area contributed by atoms with Crippen LogP contribution in [0.1, 0.15) is 23.9 Å². The Morgan fingerprint density at radius 3 is 2.60 bits per heavy atom. The predicted octanol–water partition coefficient (Wildman–Crippen LogP) is 1.82. The number of aryl methyl sites for hydroxylation is 2. The van der Waals surface area contributed by atoms with Gasteiger partial charge >= 0.3 is 0 Å². The largest absolute Gasteiger partial charge is 0.544 e. The molecule has 20 heavy (non-hydrogen) atoms. The van der Waals surface area contributed by atoms with Crippen LogP contribution in [-0.4, -0.2) is 16.2 Å². The van der Waals surface area contributed by atoms with Gasteiger partial charge in [-0.2, -0.15) is 0 Å². The molecule has 104 valence electrons. The van der Waals surface area contributed by atoms with Crippen LogP contribution in [0.2, 0.25) is 0 Å². The van der Waals surface area contributed by atoms with Gasteiger partial charge in [0, 0.05) is 11.3 Å². The monoisotopic (exact) mass is 289 g/mol. The zero-order chi connectivity index (χ0) is 14.5. The Kier molecular flexibility index (Phi) is 4.57. The molecule has 2 rings (SSSR count). The normalized spacial score (nSPS) is 11.6. The van der Waals surface area contributed by atoms with E-state index in [-0.39, 0.29) is 10.1 Å². The third-order valence-electron chi connectivity index (χ3n) is 2.52. The van der Waals surface area contributed by atoms with Gasteiger partial charge in [0.15, 0.2) is 0 Å². The molecule has 0 aliphatic heterocycles. The molecule has 1 aromatic heterocycles. The molecule has 5 nitrogen and oxygen atoms in total. The summed E-state index contributed by atoms with van der Waals surface area (Å²) in [4.78, 5) is 11.2. The van der Waals surface area contributed by atoms with Gasteiger partial charge in [0.25, 0.3) is 5.22 Å². The van der Waals surface area contributed by atoms with E-state index in [0.29, 0.717) is 12.3 Å². The van der Waals surface area contributed by atoms with Gasteiger partial charge in [-0.05, 0) is 30.3 Å². The van der Waals surface area contributed by atoms with Crippen molar-refractivity contribution in [3.8, 4) is 0 Å². The average molecular weight is 289 g/mol. The van der Waals surface area contributed by atoms with Gasteiger partial charge in [-0.3, -0.25) is 0 Å². The summed E-state index contributed by atoms with van der Waals surface area (Å²) in [6.07, 6.45) is 2.13. The zero-order valence-corrected chi connectivity index (χ0v) is 11.9. The van der Waals surface area contributed by atoms with Gasteiger partial charge in [-0.1, -0.05) is 36.8 Å². The Labute approximate surface area is 120 Å². The number of nitrogens with zero attached hydrogens (tertiary/aromatic N) is 2. The second-order valence-corrected chi connectivity index (χ2v) is 5.12. The van der Waals surface area contributed by atoms with Crippen LogP contribution in [0.4, 0.5) is 0 Å². The van der Waals surface area contributed by atoms with Gasteiger partial charge in [0.1, 0.15) is 0 Å². The maximum atomic E-state index is 11.2. The van der Waals surface area contributed by atoms with E-state index in [1.807, 2.05) is 38.1 Å². The number of benzene rings is 1. The molecule has 0 atom stereocenters. The lowest BCUT2D eigenvalue weighted by atomic mass is 10.1. The number of aromatic nitrogens is 2. The molecular weight excluding hydrogens is 276 g/mol. The summed E-state index contributed by atoms with van der Waals surface area (Å²) >= 11 is 0.891. The summed E-state index contributed by atoms with van der Waals surface area (Å²) in [5, 5.41) is 18.9. The van der Waals surface area contributed by atoms with E-state index in [1.54, 1.807) is 0 Å². The van der Waals surface area contributed by atoms with Crippen molar-refractivity contribution < 1.29 is 14.3 Å². The highest BCUT2D eigenvalue weighted by Crippen LogP contribution is 2.27. The van der Waals surface area contributed by atoms with Crippen molar-refractivity contribution in [2.24, 2.45) is 0 Å². The van der Waals surface area contributed by atoms with E-state index in [9.17, 15) is 9.90 Å². The summed E-state index contributed by atoms with van der Waals surface area (Å²) < 4.78 is 5.28. The van der Waals surface area contributed by atoms with Crippen LogP contribution in [0, 0.1) is 6.92 Å². The Morgan fingerprint density at radius 1 is 1.35 bits per heavy atom. The summed E-state index contributed by atoms with van der Waals surface area (Å²) in [5.41, 5.74) is 1.88. The van der Waals surface area contributed by atoms with Crippen molar-refractivity contribution in [3.05, 3.63) is 46.2 Å². The minimum absolute atomic E-state index is 0.0279. The van der Waals surface area contributed by atoms with Crippen molar-refractivity contribution in [3.63, 3.8) is 0 Å². The second kappa shape index (κ2) is 6.38. The maximum Gasteiger partial charge on any atom is 0.281 e. The molecule has 0 N–H and O–H groups in total. The Bertz CT molecular complexity index is 632. The topological polar surface area (TPSA) is 79.0 Å². The molecule has 2 aromatic rings. The van der Waals surface area contributed by atoms with Gasteiger partial charge in [-0.15, -0.1) is 10.2 Å². The first kappa shape index (κ1) is 14.3. The summed E-state index contributed by atoms with van der Waals surface area (Å²) in [5.74, 6) is -0.799. The molecule has 6 heteroatoms. The first-order chi connectivity index (χ1) is 9.58. The molecule has 0 saturated carbocycles. The first-order valence-corrected chi connectivity index (χ1v) is 6.90. The molecule has 0 amide bonds. The fraction of sp³-hybridized carbons (Fsp3) is 0.214. The molecule has 0 aliphatic carbocycles. The molecule has 1 aromatic carbocycles. The fourth-order valence-corrected chi connectivity index (χ4v) is 2.15. The average Bonchev–Trinajstić information content (AvgIpc) is 2.88. The highest BCUT2D eigenvalue weighted by molar-refractivity contribution is 8.03. The number of hydrogen-bond acceptors (Lipinski definition) is 6. The Hall–Kier alpha value is -2.08. The lowest BCUT2D eigenvalue weighted by Gasteiger charge is -2.05. The first-order valence-electron chi connectivity index (χ1n) is 6.08. The van der Waals surface area contributed by atoms with Gasteiger partial charge in [0.05, 0.1) is 5.97 Å². The fourth-order valence-electron chi connectivity index (χ4n) is 1.46. The molecule has 0 bridgehead atoms. The van der Waals surface area contributed by atoms with Crippen molar-refractivity contribution >= 4 is 23.8 Å². The SMILES string of the molecule is CCc1nnc(S/C(=C\c2ccc(C)cc2)C(=O)[O-])o1. The second-order valence-electron chi connectivity index (χ2n) is 4.12. The van der Waals surface area contributed by atoms with Gasteiger partial charge in [0.2, 0.25) is 5.89 Å². The lowest BCUT2D eigenvalue weighted by Crippen LogP contribution is -2.23. The number of rotatable bonds is 5. The van der Waals surface area contributed by atoms with E-state index < -0.39 is 5.97 Å². The number of carboxylic acid groups (broad SMARTS) is 1. The molecule has 0 fully saturated rings. The number of aliphatic carboxylic acids is 1. The summed E-state index contributed by atoms with van der Waals surface area (Å²) in [7, 11) is 0. The minimum atomic E-state index is -1.27. The molecular formula is C14H13N2O3S-. The van der Waals surface area contributed by atoms with Crippen LogP contribution in [0.5, 0.6) is 0 Å². The van der Waals surface area contributed by atoms with Crippen LogP contribution in [0.3, 0.4) is 0 Å². The van der Waals surface area contributed by atoms with E-state index in [2.05, 4.69) is 10.2 Å². The Balaban J connectivity index is 2.22. The summed E-state index contributed by atoms with van der Waals surface area (Å²) in [6, 6.07) is 7.49. The van der Waals surface area contributed by atoms with Crippen molar-refractivity contribution in [2.45, 2.75) is 25.5 Å². The zero-order valence-electron chi connectivity index (χ0n) is 11.1. The van der Waals surface area contributed by atoms with E-state index >= 15 is 0 Å². The molecule has 0 radical (unpaired) electrons. The van der Waals surface area contributed by atoms with Crippen LogP contribution in [0.15, 0.2) is 38.8 Å². The number of thioether (sulfide) groups is 1. The number of carbonyl (C=O) groups is 1. The van der Waals surface area contributed by atoms with Crippen LogP contribution in [0.25, 0.3) is 6.08 Å². The highest BCUT2D eigenvalue weighted by Gasteiger charge is 2.09. The minimum Gasteiger partial charge on any atom is -0.544 e. The van der Waals surface area contributed by atoms with E-state index in [0.717, 1.165) is 22.9 Å². The standard InChI is InChI=1S/C14H14N2O3S/c1-3-12-15-16-14(19-12)20-11(13(17)18)8-10-6-4-9(2)5-7-10/h4-8H,3H2,1-2H3,(H,17,18)/p-1/b11-8-. The Morgan fingerprint density at radius 2 is 2.05 bits per heavy atom. The maximum absolute atomic E-state index is 11.2. The van der Waals surface area contributed by atoms with Crippen LogP contribution < -0.4 is 5.11 Å². The molecule has 0 aliphatic rings. The third-order valence-corrected chi connectivity index (χ3v) is 3.37.